The van der Waals surface area contributed by atoms with E-state index < -0.39 is 16.8 Å². The largest absolute Gasteiger partial charge is 0.483 e. The predicted molar refractivity (Wildman–Crippen MR) is 114 cm³/mol. The number of nitro benzene ring substituents is 1. The van der Waals surface area contributed by atoms with E-state index in [1.54, 1.807) is 36.4 Å². The molecular formula is C22H17N3O7. The number of hydrogen-bond acceptors (Lipinski definition) is 8. The van der Waals surface area contributed by atoms with Gasteiger partial charge < -0.3 is 13.9 Å². The van der Waals surface area contributed by atoms with Gasteiger partial charge in [-0.25, -0.2) is 10.2 Å². The summed E-state index contributed by atoms with van der Waals surface area (Å²) in [6, 6.07) is 15.4. The molecule has 0 atom stereocenters. The highest BCUT2D eigenvalue weighted by Crippen LogP contribution is 2.18. The van der Waals surface area contributed by atoms with Gasteiger partial charge in [-0.3, -0.25) is 14.9 Å². The molecule has 0 spiro atoms. The lowest BCUT2D eigenvalue weighted by Crippen LogP contribution is -2.24. The Morgan fingerprint density at radius 2 is 1.91 bits per heavy atom. The van der Waals surface area contributed by atoms with Crippen LogP contribution in [0.3, 0.4) is 0 Å². The van der Waals surface area contributed by atoms with Crippen LogP contribution in [0.2, 0.25) is 0 Å². The highest BCUT2D eigenvalue weighted by atomic mass is 16.6. The molecule has 0 radical (unpaired) electrons. The van der Waals surface area contributed by atoms with Crippen LogP contribution in [0.15, 0.2) is 82.5 Å². The molecule has 2 aromatic carbocycles. The minimum absolute atomic E-state index is 0.136. The summed E-state index contributed by atoms with van der Waals surface area (Å²) in [5, 5.41) is 14.5. The molecule has 0 aliphatic carbocycles. The van der Waals surface area contributed by atoms with E-state index in [1.165, 1.54) is 48.9 Å². The van der Waals surface area contributed by atoms with E-state index in [1.807, 2.05) is 0 Å². The number of benzene rings is 2. The summed E-state index contributed by atoms with van der Waals surface area (Å²) in [6.45, 7) is -0.362. The van der Waals surface area contributed by atoms with Crippen molar-refractivity contribution in [3.05, 3.63) is 94.4 Å². The number of nitro groups is 1. The molecule has 1 N–H and O–H groups in total. The molecule has 1 heterocycles. The Hall–Kier alpha value is -4.73. The third kappa shape index (κ3) is 6.95. The molecule has 32 heavy (non-hydrogen) atoms. The molecule has 3 aromatic rings. The molecule has 0 aliphatic rings. The number of esters is 1. The summed E-state index contributed by atoms with van der Waals surface area (Å²) < 4.78 is 15.5. The number of non-ortho nitro benzene ring substituents is 1. The topological polar surface area (TPSA) is 133 Å². The molecule has 162 valence electrons. The van der Waals surface area contributed by atoms with Gasteiger partial charge in [-0.15, -0.1) is 0 Å². The molecule has 10 nitrogen and oxygen atoms in total. The Morgan fingerprint density at radius 3 is 2.62 bits per heavy atom. The zero-order valence-corrected chi connectivity index (χ0v) is 16.5. The first-order valence-electron chi connectivity index (χ1n) is 9.22. The van der Waals surface area contributed by atoms with Crippen molar-refractivity contribution < 1.29 is 28.4 Å². The van der Waals surface area contributed by atoms with Gasteiger partial charge in [0.25, 0.3) is 11.6 Å². The van der Waals surface area contributed by atoms with E-state index >= 15 is 0 Å². The molecule has 10 heteroatoms. The number of carbonyl (C=O) groups excluding carboxylic acids is 2. The second-order valence-corrected chi connectivity index (χ2v) is 6.18. The third-order valence-corrected chi connectivity index (χ3v) is 3.83. The fourth-order valence-corrected chi connectivity index (χ4v) is 2.36. The van der Waals surface area contributed by atoms with Crippen LogP contribution < -0.4 is 14.9 Å². The lowest BCUT2D eigenvalue weighted by atomic mass is 10.2. The van der Waals surface area contributed by atoms with Gasteiger partial charge in [0.05, 0.1) is 23.5 Å². The number of amides is 1. The Balaban J connectivity index is 1.43. The van der Waals surface area contributed by atoms with E-state index in [0.29, 0.717) is 17.1 Å². The van der Waals surface area contributed by atoms with Crippen molar-refractivity contribution in [2.24, 2.45) is 5.10 Å². The van der Waals surface area contributed by atoms with Crippen molar-refractivity contribution in [1.29, 1.82) is 0 Å². The molecular weight excluding hydrogens is 418 g/mol. The Bertz CT molecular complexity index is 1140. The molecule has 0 fully saturated rings. The van der Waals surface area contributed by atoms with Gasteiger partial charge in [0.1, 0.15) is 17.3 Å². The molecule has 1 aromatic heterocycles. The SMILES string of the molecule is O=C(COc1cccc([N+](=O)[O-])c1)N/N=C\c1ccc(OC(=O)/C=C/c2ccco2)cc1. The highest BCUT2D eigenvalue weighted by Gasteiger charge is 2.08. The number of ether oxygens (including phenoxy) is 2. The van der Waals surface area contributed by atoms with Crippen LogP contribution >= 0.6 is 0 Å². The van der Waals surface area contributed by atoms with Crippen LogP contribution in [0.1, 0.15) is 11.3 Å². The summed E-state index contributed by atoms with van der Waals surface area (Å²) in [4.78, 5) is 33.8. The van der Waals surface area contributed by atoms with Gasteiger partial charge in [-0.05, 0) is 54.1 Å². The quantitative estimate of drug-likeness (QED) is 0.136. The predicted octanol–water partition coefficient (Wildman–Crippen LogP) is 3.34. The number of rotatable bonds is 9. The summed E-state index contributed by atoms with van der Waals surface area (Å²) >= 11 is 0. The lowest BCUT2D eigenvalue weighted by Gasteiger charge is -2.04. The van der Waals surface area contributed by atoms with Gasteiger partial charge in [-0.2, -0.15) is 5.10 Å². The average Bonchev–Trinajstić information content (AvgIpc) is 3.31. The van der Waals surface area contributed by atoms with Crippen molar-refractivity contribution in [3.8, 4) is 11.5 Å². The smallest absolute Gasteiger partial charge is 0.336 e. The summed E-state index contributed by atoms with van der Waals surface area (Å²) in [6.07, 6.45) is 5.64. The van der Waals surface area contributed by atoms with Crippen molar-refractivity contribution in [1.82, 2.24) is 5.43 Å². The Morgan fingerprint density at radius 1 is 1.09 bits per heavy atom. The molecule has 0 saturated carbocycles. The maximum Gasteiger partial charge on any atom is 0.336 e. The molecule has 0 saturated heterocycles. The molecule has 3 rings (SSSR count). The molecule has 0 bridgehead atoms. The van der Waals surface area contributed by atoms with Gasteiger partial charge in [0.15, 0.2) is 6.61 Å². The van der Waals surface area contributed by atoms with Crippen LogP contribution in [0.4, 0.5) is 5.69 Å². The van der Waals surface area contributed by atoms with Gasteiger partial charge in [-0.1, -0.05) is 6.07 Å². The second kappa shape index (κ2) is 10.9. The van der Waals surface area contributed by atoms with E-state index in [-0.39, 0.29) is 18.0 Å². The van der Waals surface area contributed by atoms with Gasteiger partial charge >= 0.3 is 5.97 Å². The van der Waals surface area contributed by atoms with Crippen molar-refractivity contribution in [2.75, 3.05) is 6.61 Å². The first-order chi connectivity index (χ1) is 15.5. The summed E-state index contributed by atoms with van der Waals surface area (Å²) in [5.74, 6) is -0.0281. The van der Waals surface area contributed by atoms with E-state index in [4.69, 9.17) is 13.9 Å². The average molecular weight is 435 g/mol. The van der Waals surface area contributed by atoms with Gasteiger partial charge in [0, 0.05) is 12.1 Å². The Kier molecular flexibility index (Phi) is 7.47. The van der Waals surface area contributed by atoms with Gasteiger partial charge in [0.2, 0.25) is 0 Å². The van der Waals surface area contributed by atoms with Crippen LogP contribution in [-0.4, -0.2) is 29.6 Å². The number of nitrogens with one attached hydrogen (secondary N) is 1. The maximum atomic E-state index is 11.8. The van der Waals surface area contributed by atoms with Crippen LogP contribution in [0.25, 0.3) is 6.08 Å². The lowest BCUT2D eigenvalue weighted by molar-refractivity contribution is -0.384. The van der Waals surface area contributed by atoms with E-state index in [9.17, 15) is 19.7 Å². The number of nitrogens with zero attached hydrogens (tertiary/aromatic N) is 2. The zero-order valence-electron chi connectivity index (χ0n) is 16.5. The van der Waals surface area contributed by atoms with Crippen molar-refractivity contribution in [3.63, 3.8) is 0 Å². The minimum atomic E-state index is -0.557. The summed E-state index contributed by atoms with van der Waals surface area (Å²) in [7, 11) is 0. The van der Waals surface area contributed by atoms with Crippen LogP contribution in [-0.2, 0) is 9.59 Å². The third-order valence-electron chi connectivity index (χ3n) is 3.83. The van der Waals surface area contributed by atoms with Crippen LogP contribution in [0, 0.1) is 10.1 Å². The van der Waals surface area contributed by atoms with E-state index in [2.05, 4.69) is 10.5 Å². The second-order valence-electron chi connectivity index (χ2n) is 6.18. The molecule has 0 aliphatic heterocycles. The van der Waals surface area contributed by atoms with E-state index in [0.717, 1.165) is 0 Å². The number of carbonyl (C=O) groups is 2. The number of hydrazone groups is 1. The summed E-state index contributed by atoms with van der Waals surface area (Å²) in [5.41, 5.74) is 2.80. The highest BCUT2D eigenvalue weighted by molar-refractivity contribution is 5.88. The standard InChI is InChI=1S/C22H17N3O7/c26-21(15-31-20-4-1-3-17(13-20)25(28)29)24-23-14-16-6-8-19(9-7-16)32-22(27)11-10-18-5-2-12-30-18/h1-14H,15H2,(H,24,26)/b11-10+,23-14-. The first-order valence-corrected chi connectivity index (χ1v) is 9.22. The fraction of sp³-hybridized carbons (Fsp3) is 0.0455. The van der Waals surface area contributed by atoms with Crippen LogP contribution in [0.5, 0.6) is 11.5 Å². The first kappa shape index (κ1) is 22.0. The van der Waals surface area contributed by atoms with Crippen molar-refractivity contribution in [2.45, 2.75) is 0 Å². The molecule has 1 amide bonds. The molecule has 0 unspecified atom stereocenters. The number of hydrogen-bond donors (Lipinski definition) is 1. The number of furan rings is 1. The monoisotopic (exact) mass is 435 g/mol. The normalized spacial score (nSPS) is 10.9. The fourth-order valence-electron chi connectivity index (χ4n) is 2.36. The minimum Gasteiger partial charge on any atom is -0.483 e. The van der Waals surface area contributed by atoms with Crippen molar-refractivity contribution >= 4 is 29.9 Å². The maximum absolute atomic E-state index is 11.8. The Labute approximate surface area is 181 Å². The zero-order chi connectivity index (χ0) is 22.8.